The van der Waals surface area contributed by atoms with Gasteiger partial charge in [-0.3, -0.25) is 4.79 Å². The van der Waals surface area contributed by atoms with Gasteiger partial charge in [-0.2, -0.15) is 0 Å². The normalized spacial score (nSPS) is 22.9. The Bertz CT molecular complexity index is 1240. The molecule has 0 amide bonds. The summed E-state index contributed by atoms with van der Waals surface area (Å²) >= 11 is 0. The molecule has 194 valence electrons. The second-order valence-electron chi connectivity index (χ2n) is 11.0. The first kappa shape index (κ1) is 25.3. The molecule has 2 atom stereocenters. The van der Waals surface area contributed by atoms with Crippen molar-refractivity contribution in [3.63, 3.8) is 0 Å². The highest BCUT2D eigenvalue weighted by atomic mass is 16.6. The molecule has 0 radical (unpaired) electrons. The number of Topliss-reactive ketones (excluding diaryl/α,β-unsaturated/α-hetero) is 1. The summed E-state index contributed by atoms with van der Waals surface area (Å²) in [5.41, 5.74) is 4.38. The van der Waals surface area contributed by atoms with E-state index in [1.807, 2.05) is 61.5 Å². The lowest BCUT2D eigenvalue weighted by molar-refractivity contribution is -0.142. The van der Waals surface area contributed by atoms with Gasteiger partial charge in [0.25, 0.3) is 0 Å². The van der Waals surface area contributed by atoms with Crippen molar-refractivity contribution in [1.29, 1.82) is 0 Å². The van der Waals surface area contributed by atoms with Crippen LogP contribution in [0.25, 0.3) is 0 Å². The van der Waals surface area contributed by atoms with Gasteiger partial charge in [0.15, 0.2) is 5.78 Å². The van der Waals surface area contributed by atoms with E-state index in [4.69, 9.17) is 14.2 Å². The number of nitrogens with one attached hydrogen (secondary N) is 1. The Morgan fingerprint density at radius 2 is 1.84 bits per heavy atom. The van der Waals surface area contributed by atoms with Crippen molar-refractivity contribution in [2.75, 3.05) is 13.2 Å². The van der Waals surface area contributed by atoms with Crippen LogP contribution in [-0.4, -0.2) is 31.1 Å². The van der Waals surface area contributed by atoms with E-state index in [1.165, 1.54) is 0 Å². The van der Waals surface area contributed by atoms with E-state index in [1.54, 1.807) is 0 Å². The summed E-state index contributed by atoms with van der Waals surface area (Å²) in [7, 11) is 0. The van der Waals surface area contributed by atoms with Crippen molar-refractivity contribution in [3.05, 3.63) is 88.3 Å². The van der Waals surface area contributed by atoms with Crippen LogP contribution in [0.1, 0.15) is 63.5 Å². The van der Waals surface area contributed by atoms with Gasteiger partial charge < -0.3 is 19.5 Å². The average molecular weight is 502 g/mol. The molecular formula is C31H35NO5. The maximum atomic E-state index is 13.6. The van der Waals surface area contributed by atoms with Crippen LogP contribution in [0, 0.1) is 5.41 Å². The van der Waals surface area contributed by atoms with E-state index >= 15 is 0 Å². The molecule has 3 aliphatic rings. The molecule has 2 heterocycles. The molecule has 1 fully saturated rings. The number of dihydropyridines is 1. The minimum Gasteiger partial charge on any atom is -0.489 e. The lowest BCUT2D eigenvalue weighted by atomic mass is 9.68. The first-order valence-electron chi connectivity index (χ1n) is 13.1. The standard InChI is InChI=1S/C31H35NO5/c1-20-27(30(34)37-19-22-12-9-15-35-22)28(29-24(32-20)16-31(2,3)17-25(29)33)23-13-7-8-14-26(23)36-18-21-10-5-4-6-11-21/h4-8,10-11,13-14,22,28,32H,9,12,15-19H2,1-3H3/t22-,28-/m0/s1. The van der Waals surface area contributed by atoms with Crippen LogP contribution in [0.15, 0.2) is 77.1 Å². The second-order valence-corrected chi connectivity index (χ2v) is 11.0. The number of para-hydroxylation sites is 1. The average Bonchev–Trinajstić information content (AvgIpc) is 3.39. The number of ketones is 1. The van der Waals surface area contributed by atoms with Gasteiger partial charge in [-0.15, -0.1) is 0 Å². The molecule has 6 heteroatoms. The van der Waals surface area contributed by atoms with Crippen molar-refractivity contribution in [3.8, 4) is 5.75 Å². The van der Waals surface area contributed by atoms with Crippen LogP contribution in [0.2, 0.25) is 0 Å². The van der Waals surface area contributed by atoms with Crippen LogP contribution < -0.4 is 10.1 Å². The molecule has 0 saturated carbocycles. The fourth-order valence-corrected chi connectivity index (χ4v) is 5.63. The van der Waals surface area contributed by atoms with Gasteiger partial charge in [-0.1, -0.05) is 62.4 Å². The second kappa shape index (κ2) is 10.5. The SMILES string of the molecule is CC1=C(C(=O)OC[C@@H]2CCCO2)[C@H](c2ccccc2OCc2ccccc2)C2=C(CC(C)(C)CC2=O)N1. The van der Waals surface area contributed by atoms with E-state index in [2.05, 4.69) is 19.2 Å². The highest BCUT2D eigenvalue weighted by Crippen LogP contribution is 2.48. The zero-order valence-corrected chi connectivity index (χ0v) is 21.8. The summed E-state index contributed by atoms with van der Waals surface area (Å²) in [6.45, 7) is 7.39. The van der Waals surface area contributed by atoms with Gasteiger partial charge in [0.2, 0.25) is 0 Å². The Balaban J connectivity index is 1.52. The minimum absolute atomic E-state index is 0.0542. The lowest BCUT2D eigenvalue weighted by Crippen LogP contribution is -2.39. The molecule has 0 spiro atoms. The summed E-state index contributed by atoms with van der Waals surface area (Å²) in [5.74, 6) is -0.283. The Hall–Kier alpha value is -3.38. The lowest BCUT2D eigenvalue weighted by Gasteiger charge is -2.39. The molecule has 1 N–H and O–H groups in total. The first-order chi connectivity index (χ1) is 17.8. The molecule has 2 aromatic rings. The Labute approximate surface area is 218 Å². The maximum absolute atomic E-state index is 13.6. The summed E-state index contributed by atoms with van der Waals surface area (Å²) in [4.78, 5) is 27.2. The van der Waals surface area contributed by atoms with E-state index in [0.29, 0.717) is 42.2 Å². The van der Waals surface area contributed by atoms with Crippen molar-refractivity contribution in [1.82, 2.24) is 5.32 Å². The van der Waals surface area contributed by atoms with Crippen molar-refractivity contribution in [2.45, 2.75) is 65.1 Å². The number of carbonyl (C=O) groups excluding carboxylic acids is 2. The van der Waals surface area contributed by atoms with E-state index in [9.17, 15) is 9.59 Å². The molecule has 37 heavy (non-hydrogen) atoms. The van der Waals surface area contributed by atoms with Crippen LogP contribution in [0.3, 0.4) is 0 Å². The number of carbonyl (C=O) groups is 2. The zero-order valence-electron chi connectivity index (χ0n) is 21.8. The maximum Gasteiger partial charge on any atom is 0.336 e. The molecule has 0 aromatic heterocycles. The summed E-state index contributed by atoms with van der Waals surface area (Å²) in [6, 6.07) is 17.6. The summed E-state index contributed by atoms with van der Waals surface area (Å²) in [6.07, 6.45) is 2.93. The van der Waals surface area contributed by atoms with Gasteiger partial charge >= 0.3 is 5.97 Å². The molecule has 5 rings (SSSR count). The first-order valence-corrected chi connectivity index (χ1v) is 13.1. The van der Waals surface area contributed by atoms with Crippen LogP contribution in [-0.2, 0) is 25.7 Å². The number of hydrogen-bond donors (Lipinski definition) is 1. The molecule has 2 aliphatic heterocycles. The highest BCUT2D eigenvalue weighted by molar-refractivity contribution is 6.04. The third-order valence-electron chi connectivity index (χ3n) is 7.35. The van der Waals surface area contributed by atoms with Gasteiger partial charge in [0.1, 0.15) is 19.0 Å². The van der Waals surface area contributed by atoms with E-state index in [-0.39, 0.29) is 23.9 Å². The van der Waals surface area contributed by atoms with Gasteiger partial charge in [-0.25, -0.2) is 4.79 Å². The molecule has 0 bridgehead atoms. The Kier molecular flexibility index (Phi) is 7.20. The molecule has 1 aliphatic carbocycles. The zero-order chi connectivity index (χ0) is 26.0. The van der Waals surface area contributed by atoms with Crippen LogP contribution in [0.4, 0.5) is 0 Å². The van der Waals surface area contributed by atoms with Crippen molar-refractivity contribution < 1.29 is 23.8 Å². The molecule has 2 aromatic carbocycles. The van der Waals surface area contributed by atoms with Gasteiger partial charge in [0, 0.05) is 35.6 Å². The monoisotopic (exact) mass is 501 g/mol. The number of esters is 1. The van der Waals surface area contributed by atoms with E-state index < -0.39 is 11.9 Å². The van der Waals surface area contributed by atoms with Crippen LogP contribution in [0.5, 0.6) is 5.75 Å². The van der Waals surface area contributed by atoms with Crippen molar-refractivity contribution >= 4 is 11.8 Å². The smallest absolute Gasteiger partial charge is 0.336 e. The summed E-state index contributed by atoms with van der Waals surface area (Å²) < 4.78 is 17.7. The number of ether oxygens (including phenoxy) is 3. The van der Waals surface area contributed by atoms with Gasteiger partial charge in [0.05, 0.1) is 17.6 Å². The number of allylic oxidation sites excluding steroid dienone is 3. The minimum atomic E-state index is -0.566. The van der Waals surface area contributed by atoms with Gasteiger partial charge in [-0.05, 0) is 43.2 Å². The predicted molar refractivity (Wildman–Crippen MR) is 141 cm³/mol. The Morgan fingerprint density at radius 1 is 1.08 bits per heavy atom. The Morgan fingerprint density at radius 3 is 2.59 bits per heavy atom. The molecular weight excluding hydrogens is 466 g/mol. The largest absolute Gasteiger partial charge is 0.489 e. The number of hydrogen-bond acceptors (Lipinski definition) is 6. The summed E-state index contributed by atoms with van der Waals surface area (Å²) in [5, 5.41) is 3.41. The quantitative estimate of drug-likeness (QED) is 0.499. The molecule has 0 unspecified atom stereocenters. The predicted octanol–water partition coefficient (Wildman–Crippen LogP) is 5.59. The van der Waals surface area contributed by atoms with Crippen LogP contribution >= 0.6 is 0 Å². The third-order valence-corrected chi connectivity index (χ3v) is 7.35. The molecule has 1 saturated heterocycles. The van der Waals surface area contributed by atoms with E-state index in [0.717, 1.165) is 36.1 Å². The fraction of sp³-hybridized carbons (Fsp3) is 0.419. The third kappa shape index (κ3) is 5.49. The topological polar surface area (TPSA) is 73.9 Å². The fourth-order valence-electron chi connectivity index (χ4n) is 5.63. The number of benzene rings is 2. The van der Waals surface area contributed by atoms with Crippen molar-refractivity contribution in [2.24, 2.45) is 5.41 Å². The molecule has 6 nitrogen and oxygen atoms in total. The highest BCUT2D eigenvalue weighted by Gasteiger charge is 2.44. The number of rotatable bonds is 7.